The Bertz CT molecular complexity index is 511. The molecule has 21 heavy (non-hydrogen) atoms. The summed E-state index contributed by atoms with van der Waals surface area (Å²) in [6.07, 6.45) is 2.81. The van der Waals surface area contributed by atoms with Gasteiger partial charge in [0.1, 0.15) is 11.5 Å². The van der Waals surface area contributed by atoms with Crippen LogP contribution in [0, 0.1) is 0 Å². The maximum atomic E-state index is 6.17. The van der Waals surface area contributed by atoms with Crippen molar-refractivity contribution in [2.24, 2.45) is 5.73 Å². The number of rotatable bonds is 8. The monoisotopic (exact) mass is 285 g/mol. The van der Waals surface area contributed by atoms with Gasteiger partial charge in [-0.15, -0.1) is 0 Å². The van der Waals surface area contributed by atoms with Crippen LogP contribution in [0.5, 0.6) is 11.5 Å². The number of nitrogens with two attached hydrogens (primary N) is 1. The number of para-hydroxylation sites is 1. The fourth-order valence-electron chi connectivity index (χ4n) is 2.22. The molecule has 0 radical (unpaired) electrons. The van der Waals surface area contributed by atoms with Crippen LogP contribution in [0.1, 0.15) is 18.4 Å². The Balaban J connectivity index is 1.66. The molecule has 0 spiro atoms. The molecule has 112 valence electrons. The smallest absolute Gasteiger partial charge is 0.119 e. The lowest BCUT2D eigenvalue weighted by atomic mass is 10.0. The van der Waals surface area contributed by atoms with E-state index in [-0.39, 0.29) is 6.04 Å². The molecule has 1 atom stereocenters. The maximum Gasteiger partial charge on any atom is 0.119 e. The third kappa shape index (κ3) is 5.48. The predicted octanol–water partition coefficient (Wildman–Crippen LogP) is 3.42. The van der Waals surface area contributed by atoms with E-state index in [2.05, 4.69) is 12.1 Å². The van der Waals surface area contributed by atoms with Crippen molar-refractivity contribution in [1.29, 1.82) is 0 Å². The largest absolute Gasteiger partial charge is 0.497 e. The first-order valence-electron chi connectivity index (χ1n) is 7.34. The molecule has 0 amide bonds. The summed E-state index contributed by atoms with van der Waals surface area (Å²) in [5.41, 5.74) is 7.41. The van der Waals surface area contributed by atoms with Gasteiger partial charge in [-0.05, 0) is 49.1 Å². The summed E-state index contributed by atoms with van der Waals surface area (Å²) in [4.78, 5) is 0. The highest BCUT2D eigenvalue weighted by Gasteiger charge is 2.04. The number of benzene rings is 2. The highest BCUT2D eigenvalue weighted by molar-refractivity contribution is 5.27. The zero-order chi connectivity index (χ0) is 14.9. The van der Waals surface area contributed by atoms with E-state index in [1.807, 2.05) is 42.5 Å². The van der Waals surface area contributed by atoms with Gasteiger partial charge >= 0.3 is 0 Å². The first-order valence-corrected chi connectivity index (χ1v) is 7.34. The third-order valence-electron chi connectivity index (χ3n) is 3.39. The molecule has 3 nitrogen and oxygen atoms in total. The molecule has 2 aromatic carbocycles. The highest BCUT2D eigenvalue weighted by atomic mass is 16.5. The molecule has 2 N–H and O–H groups in total. The van der Waals surface area contributed by atoms with Gasteiger partial charge in [-0.2, -0.15) is 0 Å². The van der Waals surface area contributed by atoms with Crippen LogP contribution in [0.25, 0.3) is 0 Å². The summed E-state index contributed by atoms with van der Waals surface area (Å²) >= 11 is 0. The zero-order valence-corrected chi connectivity index (χ0v) is 12.5. The minimum atomic E-state index is 0.165. The van der Waals surface area contributed by atoms with E-state index in [0.29, 0.717) is 6.61 Å². The third-order valence-corrected chi connectivity index (χ3v) is 3.39. The Morgan fingerprint density at radius 1 is 0.952 bits per heavy atom. The van der Waals surface area contributed by atoms with Gasteiger partial charge in [0.15, 0.2) is 0 Å². The van der Waals surface area contributed by atoms with E-state index in [9.17, 15) is 0 Å². The highest BCUT2D eigenvalue weighted by Crippen LogP contribution is 2.14. The average Bonchev–Trinajstić information content (AvgIpc) is 2.53. The summed E-state index contributed by atoms with van der Waals surface area (Å²) in [7, 11) is 1.67. The van der Waals surface area contributed by atoms with E-state index < -0.39 is 0 Å². The molecule has 0 aliphatic rings. The molecule has 0 aliphatic heterocycles. The fourth-order valence-corrected chi connectivity index (χ4v) is 2.22. The second kappa shape index (κ2) is 8.32. The van der Waals surface area contributed by atoms with Gasteiger partial charge in [0.25, 0.3) is 0 Å². The Labute approximate surface area is 126 Å². The molecule has 0 bridgehead atoms. The molecular weight excluding hydrogens is 262 g/mol. The molecule has 0 aromatic heterocycles. The SMILES string of the molecule is COc1ccc(CC(N)CCCOc2ccccc2)cc1. The van der Waals surface area contributed by atoms with Crippen molar-refractivity contribution >= 4 is 0 Å². The van der Waals surface area contributed by atoms with Crippen molar-refractivity contribution in [2.45, 2.75) is 25.3 Å². The molecule has 0 saturated heterocycles. The number of hydrogen-bond donors (Lipinski definition) is 1. The van der Waals surface area contributed by atoms with Crippen LogP contribution >= 0.6 is 0 Å². The van der Waals surface area contributed by atoms with E-state index in [0.717, 1.165) is 30.8 Å². The first kappa shape index (κ1) is 15.4. The van der Waals surface area contributed by atoms with E-state index in [1.54, 1.807) is 7.11 Å². The Morgan fingerprint density at radius 2 is 1.67 bits per heavy atom. The van der Waals surface area contributed by atoms with Crippen molar-refractivity contribution < 1.29 is 9.47 Å². The Hall–Kier alpha value is -2.00. The van der Waals surface area contributed by atoms with Gasteiger partial charge in [-0.25, -0.2) is 0 Å². The van der Waals surface area contributed by atoms with E-state index >= 15 is 0 Å². The summed E-state index contributed by atoms with van der Waals surface area (Å²) in [5.74, 6) is 1.80. The number of ether oxygens (including phenoxy) is 2. The van der Waals surface area contributed by atoms with Crippen molar-refractivity contribution in [2.75, 3.05) is 13.7 Å². The summed E-state index contributed by atoms with van der Waals surface area (Å²) in [5, 5.41) is 0. The van der Waals surface area contributed by atoms with Gasteiger partial charge in [-0.1, -0.05) is 30.3 Å². The summed E-state index contributed by atoms with van der Waals surface area (Å²) < 4.78 is 10.8. The van der Waals surface area contributed by atoms with Crippen LogP contribution in [0.2, 0.25) is 0 Å². The fraction of sp³-hybridized carbons (Fsp3) is 0.333. The Morgan fingerprint density at radius 3 is 2.33 bits per heavy atom. The van der Waals surface area contributed by atoms with Gasteiger partial charge in [-0.3, -0.25) is 0 Å². The van der Waals surface area contributed by atoms with Crippen molar-refractivity contribution in [1.82, 2.24) is 0 Å². The lowest BCUT2D eigenvalue weighted by molar-refractivity contribution is 0.301. The lowest BCUT2D eigenvalue weighted by Crippen LogP contribution is -2.23. The molecule has 0 fully saturated rings. The molecular formula is C18H23NO2. The second-order valence-electron chi connectivity index (χ2n) is 5.12. The minimum Gasteiger partial charge on any atom is -0.497 e. The van der Waals surface area contributed by atoms with Crippen LogP contribution in [0.3, 0.4) is 0 Å². The molecule has 2 rings (SSSR count). The van der Waals surface area contributed by atoms with E-state index in [1.165, 1.54) is 5.56 Å². The molecule has 0 aliphatic carbocycles. The van der Waals surface area contributed by atoms with Crippen LogP contribution in [-0.4, -0.2) is 19.8 Å². The first-order chi connectivity index (χ1) is 10.3. The van der Waals surface area contributed by atoms with Crippen LogP contribution in [0.4, 0.5) is 0 Å². The maximum absolute atomic E-state index is 6.17. The quantitative estimate of drug-likeness (QED) is 0.756. The molecule has 1 unspecified atom stereocenters. The van der Waals surface area contributed by atoms with Crippen LogP contribution < -0.4 is 15.2 Å². The van der Waals surface area contributed by atoms with Crippen molar-refractivity contribution in [3.63, 3.8) is 0 Å². The lowest BCUT2D eigenvalue weighted by Gasteiger charge is -2.12. The van der Waals surface area contributed by atoms with Gasteiger partial charge in [0.05, 0.1) is 13.7 Å². The average molecular weight is 285 g/mol. The standard InChI is InChI=1S/C18H23NO2/c1-20-17-11-9-15(10-12-17)14-16(19)6-5-13-21-18-7-3-2-4-8-18/h2-4,7-12,16H,5-6,13-14,19H2,1H3. The second-order valence-corrected chi connectivity index (χ2v) is 5.12. The van der Waals surface area contributed by atoms with Gasteiger partial charge in [0.2, 0.25) is 0 Å². The van der Waals surface area contributed by atoms with Crippen molar-refractivity contribution in [3.8, 4) is 11.5 Å². The van der Waals surface area contributed by atoms with Crippen LogP contribution in [-0.2, 0) is 6.42 Å². The Kier molecular flexibility index (Phi) is 6.10. The van der Waals surface area contributed by atoms with E-state index in [4.69, 9.17) is 15.2 Å². The topological polar surface area (TPSA) is 44.5 Å². The normalized spacial score (nSPS) is 11.9. The minimum absolute atomic E-state index is 0.165. The summed E-state index contributed by atoms with van der Waals surface area (Å²) in [6.45, 7) is 0.709. The molecule has 3 heteroatoms. The van der Waals surface area contributed by atoms with Crippen LogP contribution in [0.15, 0.2) is 54.6 Å². The summed E-state index contributed by atoms with van der Waals surface area (Å²) in [6, 6.07) is 18.1. The van der Waals surface area contributed by atoms with Gasteiger partial charge < -0.3 is 15.2 Å². The predicted molar refractivity (Wildman–Crippen MR) is 85.8 cm³/mol. The molecule has 0 heterocycles. The van der Waals surface area contributed by atoms with Crippen molar-refractivity contribution in [3.05, 3.63) is 60.2 Å². The molecule has 2 aromatic rings. The van der Waals surface area contributed by atoms with Gasteiger partial charge in [0, 0.05) is 6.04 Å². The number of hydrogen-bond acceptors (Lipinski definition) is 3. The zero-order valence-electron chi connectivity index (χ0n) is 12.5. The number of methoxy groups -OCH3 is 1. The molecule has 0 saturated carbocycles.